The molecule has 0 radical (unpaired) electrons. The third-order valence-corrected chi connectivity index (χ3v) is 6.16. The number of benzene rings is 2. The minimum Gasteiger partial charge on any atom is -0.457 e. The minimum atomic E-state index is -0.604. The molecule has 5 rings (SSSR count). The molecule has 2 aromatic heterocycles. The smallest absolute Gasteiger partial charge is 0.196 e. The SMILES string of the molecule is N#Cc1cc(Oc2ccccc2)ccc1C(=O)c1c[nH]c2ncc(F)c(N[C@@H]3CC[C@@H](CO)OC3)c12. The molecule has 1 aliphatic rings. The molecule has 1 saturated heterocycles. The summed E-state index contributed by atoms with van der Waals surface area (Å²) in [4.78, 5) is 20.6. The van der Waals surface area contributed by atoms with Crippen LogP contribution in [-0.2, 0) is 4.74 Å². The molecule has 182 valence electrons. The molecular weight excluding hydrogens is 463 g/mol. The van der Waals surface area contributed by atoms with Crippen LogP contribution >= 0.6 is 0 Å². The minimum absolute atomic E-state index is 0.0621. The Kier molecular flexibility index (Phi) is 6.62. The van der Waals surface area contributed by atoms with Gasteiger partial charge in [-0.05, 0) is 43.2 Å². The predicted octanol–water partition coefficient (Wildman–Crippen LogP) is 4.55. The van der Waals surface area contributed by atoms with Gasteiger partial charge in [0.15, 0.2) is 11.6 Å². The second-order valence-corrected chi connectivity index (χ2v) is 8.53. The number of nitrogens with one attached hydrogen (secondary N) is 2. The molecule has 1 fully saturated rings. The Morgan fingerprint density at radius 2 is 2.06 bits per heavy atom. The first-order chi connectivity index (χ1) is 17.6. The van der Waals surface area contributed by atoms with Gasteiger partial charge < -0.3 is 24.9 Å². The highest BCUT2D eigenvalue weighted by Crippen LogP contribution is 2.33. The third-order valence-electron chi connectivity index (χ3n) is 6.16. The molecule has 8 nitrogen and oxygen atoms in total. The van der Waals surface area contributed by atoms with Crippen molar-refractivity contribution in [3.63, 3.8) is 0 Å². The number of para-hydroxylation sites is 1. The summed E-state index contributed by atoms with van der Waals surface area (Å²) in [5, 5.41) is 22.5. The Balaban J connectivity index is 1.47. The largest absolute Gasteiger partial charge is 0.457 e. The first-order valence-electron chi connectivity index (χ1n) is 11.5. The molecule has 0 unspecified atom stereocenters. The van der Waals surface area contributed by atoms with Gasteiger partial charge in [0, 0.05) is 17.8 Å². The maximum absolute atomic E-state index is 14.9. The van der Waals surface area contributed by atoms with Gasteiger partial charge in [-0.15, -0.1) is 0 Å². The van der Waals surface area contributed by atoms with Gasteiger partial charge in [0.25, 0.3) is 0 Å². The molecule has 4 aromatic rings. The zero-order valence-corrected chi connectivity index (χ0v) is 19.2. The maximum atomic E-state index is 14.9. The lowest BCUT2D eigenvalue weighted by Crippen LogP contribution is -2.36. The Hall–Kier alpha value is -4.26. The number of hydrogen-bond donors (Lipinski definition) is 3. The van der Waals surface area contributed by atoms with Crippen LogP contribution in [0.25, 0.3) is 11.0 Å². The second-order valence-electron chi connectivity index (χ2n) is 8.53. The Morgan fingerprint density at radius 1 is 1.22 bits per heavy atom. The number of aliphatic hydroxyl groups excluding tert-OH is 1. The number of fused-ring (bicyclic) bond motifs is 1. The van der Waals surface area contributed by atoms with E-state index >= 15 is 0 Å². The Bertz CT molecular complexity index is 1440. The van der Waals surface area contributed by atoms with E-state index in [0.29, 0.717) is 42.0 Å². The van der Waals surface area contributed by atoms with Gasteiger partial charge in [-0.2, -0.15) is 5.26 Å². The molecular formula is C27H23FN4O4. The molecule has 3 N–H and O–H groups in total. The summed E-state index contributed by atoms with van der Waals surface area (Å²) in [5.74, 6) is -0.0274. The van der Waals surface area contributed by atoms with Gasteiger partial charge in [-0.3, -0.25) is 4.79 Å². The lowest BCUT2D eigenvalue weighted by atomic mass is 9.97. The van der Waals surface area contributed by atoms with Crippen LogP contribution in [0.3, 0.4) is 0 Å². The predicted molar refractivity (Wildman–Crippen MR) is 131 cm³/mol. The van der Waals surface area contributed by atoms with Crippen LogP contribution in [0.2, 0.25) is 0 Å². The summed E-state index contributed by atoms with van der Waals surface area (Å²) in [5.41, 5.74) is 0.980. The Morgan fingerprint density at radius 3 is 2.78 bits per heavy atom. The molecule has 0 saturated carbocycles. The molecule has 0 aliphatic carbocycles. The molecule has 3 heterocycles. The fourth-order valence-corrected chi connectivity index (χ4v) is 4.31. The standard InChI is InChI=1S/C27H23FN4O4/c28-23-13-31-27-24(25(23)32-17-6-7-20(14-33)35-15-17)22(12-30-27)26(34)21-9-8-19(10-16(21)11-29)36-18-4-2-1-3-5-18/h1-5,8-10,12-13,17,20,33H,6-7,14-15H2,(H2,30,31,32)/t17-,20+/m1/s1. The van der Waals surface area contributed by atoms with Crippen molar-refractivity contribution in [1.82, 2.24) is 9.97 Å². The fourth-order valence-electron chi connectivity index (χ4n) is 4.31. The van der Waals surface area contributed by atoms with Gasteiger partial charge >= 0.3 is 0 Å². The van der Waals surface area contributed by atoms with Crippen molar-refractivity contribution in [2.24, 2.45) is 0 Å². The van der Waals surface area contributed by atoms with Crippen molar-refractivity contribution < 1.29 is 23.8 Å². The van der Waals surface area contributed by atoms with Crippen LogP contribution in [0.4, 0.5) is 10.1 Å². The van der Waals surface area contributed by atoms with Gasteiger partial charge in [0.2, 0.25) is 0 Å². The van der Waals surface area contributed by atoms with Crippen LogP contribution in [0.1, 0.15) is 34.3 Å². The van der Waals surface area contributed by atoms with Crippen molar-refractivity contribution in [2.75, 3.05) is 18.5 Å². The number of carbonyl (C=O) groups is 1. The van der Waals surface area contributed by atoms with Crippen molar-refractivity contribution in [2.45, 2.75) is 25.0 Å². The molecule has 0 amide bonds. The summed E-state index contributed by atoms with van der Waals surface area (Å²) in [6.07, 6.45) is 3.63. The number of rotatable bonds is 7. The van der Waals surface area contributed by atoms with E-state index in [1.165, 1.54) is 18.3 Å². The highest BCUT2D eigenvalue weighted by Gasteiger charge is 2.26. The molecule has 2 aromatic carbocycles. The van der Waals surface area contributed by atoms with Crippen LogP contribution in [0, 0.1) is 17.1 Å². The van der Waals surface area contributed by atoms with E-state index in [4.69, 9.17) is 9.47 Å². The number of ether oxygens (including phenoxy) is 2. The number of hydrogen-bond acceptors (Lipinski definition) is 7. The average Bonchev–Trinajstić information content (AvgIpc) is 3.35. The Labute approximate surface area is 206 Å². The first kappa shape index (κ1) is 23.5. The number of nitrogens with zero attached hydrogens (tertiary/aromatic N) is 2. The number of aliphatic hydroxyl groups is 1. The van der Waals surface area contributed by atoms with Crippen LogP contribution in [-0.4, -0.2) is 46.2 Å². The van der Waals surface area contributed by atoms with Crippen LogP contribution in [0.5, 0.6) is 11.5 Å². The van der Waals surface area contributed by atoms with Gasteiger partial charge in [-0.1, -0.05) is 18.2 Å². The summed E-state index contributed by atoms with van der Waals surface area (Å²) in [6.45, 7) is 0.233. The molecule has 2 atom stereocenters. The maximum Gasteiger partial charge on any atom is 0.196 e. The van der Waals surface area contributed by atoms with Crippen molar-refractivity contribution >= 4 is 22.5 Å². The summed E-state index contributed by atoms with van der Waals surface area (Å²) >= 11 is 0. The molecule has 9 heteroatoms. The number of anilines is 1. The summed E-state index contributed by atoms with van der Waals surface area (Å²) < 4.78 is 26.3. The highest BCUT2D eigenvalue weighted by molar-refractivity contribution is 6.19. The van der Waals surface area contributed by atoms with Gasteiger partial charge in [0.05, 0.1) is 47.7 Å². The van der Waals surface area contributed by atoms with E-state index in [1.807, 2.05) is 18.2 Å². The lowest BCUT2D eigenvalue weighted by Gasteiger charge is -2.29. The summed E-state index contributed by atoms with van der Waals surface area (Å²) in [7, 11) is 0. The number of H-pyrrole nitrogens is 1. The van der Waals surface area contributed by atoms with E-state index in [-0.39, 0.29) is 41.1 Å². The lowest BCUT2D eigenvalue weighted by molar-refractivity contribution is -0.0223. The average molecular weight is 487 g/mol. The molecule has 1 aliphatic heterocycles. The number of aromatic amines is 1. The first-order valence-corrected chi connectivity index (χ1v) is 11.5. The van der Waals surface area contributed by atoms with E-state index < -0.39 is 11.6 Å². The monoisotopic (exact) mass is 486 g/mol. The normalized spacial score (nSPS) is 17.5. The van der Waals surface area contributed by atoms with Crippen molar-refractivity contribution in [1.29, 1.82) is 5.26 Å². The number of ketones is 1. The third kappa shape index (κ3) is 4.64. The van der Waals surface area contributed by atoms with Crippen LogP contribution < -0.4 is 10.1 Å². The zero-order chi connectivity index (χ0) is 25.1. The quantitative estimate of drug-likeness (QED) is 0.328. The topological polar surface area (TPSA) is 120 Å². The number of aromatic nitrogens is 2. The van der Waals surface area contributed by atoms with Gasteiger partial charge in [0.1, 0.15) is 23.2 Å². The number of carbonyl (C=O) groups excluding carboxylic acids is 1. The number of pyridine rings is 1. The number of halogens is 1. The van der Waals surface area contributed by atoms with Crippen LogP contribution in [0.15, 0.2) is 60.9 Å². The molecule has 0 spiro atoms. The summed E-state index contributed by atoms with van der Waals surface area (Å²) in [6, 6.07) is 15.6. The zero-order valence-electron chi connectivity index (χ0n) is 19.2. The van der Waals surface area contributed by atoms with E-state index in [1.54, 1.807) is 18.2 Å². The van der Waals surface area contributed by atoms with Crippen molar-refractivity contribution in [3.05, 3.63) is 83.4 Å². The number of nitriles is 1. The van der Waals surface area contributed by atoms with E-state index in [0.717, 1.165) is 6.20 Å². The molecule has 36 heavy (non-hydrogen) atoms. The van der Waals surface area contributed by atoms with Crippen molar-refractivity contribution in [3.8, 4) is 17.6 Å². The molecule has 0 bridgehead atoms. The second kappa shape index (κ2) is 10.2. The van der Waals surface area contributed by atoms with E-state index in [2.05, 4.69) is 21.4 Å². The highest BCUT2D eigenvalue weighted by atomic mass is 19.1. The fraction of sp³-hybridized carbons (Fsp3) is 0.222. The van der Waals surface area contributed by atoms with E-state index in [9.17, 15) is 19.6 Å². The van der Waals surface area contributed by atoms with Gasteiger partial charge in [-0.25, -0.2) is 9.37 Å².